The van der Waals surface area contributed by atoms with E-state index in [2.05, 4.69) is 42.7 Å². The number of rotatable bonds is 5. The van der Waals surface area contributed by atoms with E-state index in [1.165, 1.54) is 14.8 Å². The van der Waals surface area contributed by atoms with Crippen LogP contribution in [0.15, 0.2) is 6.20 Å². The zero-order chi connectivity index (χ0) is 14.0. The Labute approximate surface area is 134 Å². The van der Waals surface area contributed by atoms with Gasteiger partial charge in [-0.05, 0) is 27.3 Å². The predicted octanol–water partition coefficient (Wildman–Crippen LogP) is 3.67. The Morgan fingerprint density at radius 2 is 2.10 bits per heavy atom. The van der Waals surface area contributed by atoms with E-state index in [0.717, 1.165) is 18.7 Å². The number of nitrogens with zero attached hydrogens (tertiary/aromatic N) is 3. The Bertz CT molecular complexity index is 552. The molecule has 4 nitrogen and oxygen atoms in total. The molecule has 0 saturated carbocycles. The molecule has 0 aromatic carbocycles. The van der Waals surface area contributed by atoms with Crippen molar-refractivity contribution in [3.63, 3.8) is 0 Å². The molecule has 0 spiro atoms. The van der Waals surface area contributed by atoms with Gasteiger partial charge in [0.05, 0.1) is 10.7 Å². The van der Waals surface area contributed by atoms with Crippen LogP contribution >= 0.6 is 35.1 Å². The van der Waals surface area contributed by atoms with Gasteiger partial charge in [0.1, 0.15) is 0 Å². The fourth-order valence-corrected chi connectivity index (χ4v) is 3.86. The van der Waals surface area contributed by atoms with Gasteiger partial charge in [-0.2, -0.15) is 0 Å². The first kappa shape index (κ1) is 17.4. The van der Waals surface area contributed by atoms with Gasteiger partial charge in [0.15, 0.2) is 5.13 Å². The molecule has 0 aliphatic rings. The summed E-state index contributed by atoms with van der Waals surface area (Å²) in [5.41, 5.74) is 6.83. The maximum absolute atomic E-state index is 5.67. The lowest BCUT2D eigenvalue weighted by Gasteiger charge is -2.23. The van der Waals surface area contributed by atoms with Crippen LogP contribution in [0.5, 0.6) is 0 Å². The van der Waals surface area contributed by atoms with E-state index >= 15 is 0 Å². The second-order valence-electron chi connectivity index (χ2n) is 4.67. The molecule has 7 heteroatoms. The van der Waals surface area contributed by atoms with E-state index in [9.17, 15) is 0 Å². The molecule has 112 valence electrons. The fraction of sp³-hybridized carbons (Fsp3) is 0.538. The molecule has 2 heterocycles. The summed E-state index contributed by atoms with van der Waals surface area (Å²) < 4.78 is 0. The number of aromatic nitrogens is 2. The Morgan fingerprint density at radius 1 is 1.40 bits per heavy atom. The van der Waals surface area contributed by atoms with Crippen LogP contribution in [0.4, 0.5) is 5.13 Å². The normalized spacial score (nSPS) is 12.4. The van der Waals surface area contributed by atoms with E-state index in [1.807, 2.05) is 17.5 Å². The van der Waals surface area contributed by atoms with Crippen LogP contribution in [-0.2, 0) is 13.0 Å². The van der Waals surface area contributed by atoms with Crippen molar-refractivity contribution < 1.29 is 0 Å². The van der Waals surface area contributed by atoms with Crippen LogP contribution in [0.1, 0.15) is 40.3 Å². The van der Waals surface area contributed by atoms with Gasteiger partial charge < -0.3 is 5.73 Å². The van der Waals surface area contributed by atoms with E-state index < -0.39 is 0 Å². The van der Waals surface area contributed by atoms with Gasteiger partial charge in [-0.25, -0.2) is 9.97 Å². The van der Waals surface area contributed by atoms with Gasteiger partial charge in [-0.1, -0.05) is 6.92 Å². The Kier molecular flexibility index (Phi) is 6.39. The molecule has 0 radical (unpaired) electrons. The minimum absolute atomic E-state index is 0. The zero-order valence-corrected chi connectivity index (χ0v) is 14.7. The van der Waals surface area contributed by atoms with Crippen LogP contribution in [-0.4, -0.2) is 21.9 Å². The van der Waals surface area contributed by atoms with Crippen molar-refractivity contribution in [3.05, 3.63) is 26.7 Å². The minimum Gasteiger partial charge on any atom is -0.375 e. The molecule has 2 aromatic heterocycles. The van der Waals surface area contributed by atoms with Crippen LogP contribution < -0.4 is 5.73 Å². The quantitative estimate of drug-likeness (QED) is 0.907. The monoisotopic (exact) mass is 332 g/mol. The maximum Gasteiger partial charge on any atom is 0.180 e. The molecule has 0 bridgehead atoms. The first-order valence-electron chi connectivity index (χ1n) is 6.37. The summed E-state index contributed by atoms with van der Waals surface area (Å²) in [6, 6.07) is 0.362. The van der Waals surface area contributed by atoms with Gasteiger partial charge in [0.2, 0.25) is 0 Å². The molecule has 2 aromatic rings. The van der Waals surface area contributed by atoms with Crippen molar-refractivity contribution in [2.75, 3.05) is 12.8 Å². The largest absolute Gasteiger partial charge is 0.375 e. The SMILES string of the molecule is CCc1nc(C)c(C(C)N(C)Cc2cnc(N)s2)s1.Cl. The highest BCUT2D eigenvalue weighted by atomic mass is 35.5. The van der Waals surface area contributed by atoms with Crippen molar-refractivity contribution in [2.45, 2.75) is 39.8 Å². The Hall–Kier alpha value is -0.690. The lowest BCUT2D eigenvalue weighted by molar-refractivity contribution is 0.257. The molecule has 0 amide bonds. The molecular formula is C13H21ClN4S2. The number of aryl methyl sites for hydroxylation is 2. The molecule has 0 aliphatic carbocycles. The zero-order valence-electron chi connectivity index (χ0n) is 12.2. The van der Waals surface area contributed by atoms with Crippen molar-refractivity contribution in [1.29, 1.82) is 0 Å². The molecule has 20 heavy (non-hydrogen) atoms. The summed E-state index contributed by atoms with van der Waals surface area (Å²) in [6.45, 7) is 7.34. The van der Waals surface area contributed by atoms with Crippen LogP contribution in [0.25, 0.3) is 0 Å². The predicted molar refractivity (Wildman–Crippen MR) is 89.9 cm³/mol. The first-order chi connectivity index (χ1) is 9.01. The first-order valence-corrected chi connectivity index (χ1v) is 8.01. The minimum atomic E-state index is 0. The third-order valence-corrected chi connectivity index (χ3v) is 5.48. The van der Waals surface area contributed by atoms with Crippen molar-refractivity contribution in [2.24, 2.45) is 0 Å². The molecule has 2 N–H and O–H groups in total. The van der Waals surface area contributed by atoms with Gasteiger partial charge in [0.25, 0.3) is 0 Å². The molecular weight excluding hydrogens is 312 g/mol. The van der Waals surface area contributed by atoms with Crippen molar-refractivity contribution in [1.82, 2.24) is 14.9 Å². The summed E-state index contributed by atoms with van der Waals surface area (Å²) in [6.07, 6.45) is 2.87. The highest BCUT2D eigenvalue weighted by molar-refractivity contribution is 7.15. The van der Waals surface area contributed by atoms with Gasteiger partial charge in [-0.15, -0.1) is 35.1 Å². The van der Waals surface area contributed by atoms with Crippen LogP contribution in [0.2, 0.25) is 0 Å². The van der Waals surface area contributed by atoms with E-state index in [4.69, 9.17) is 5.73 Å². The van der Waals surface area contributed by atoms with Crippen molar-refractivity contribution in [3.8, 4) is 0 Å². The summed E-state index contributed by atoms with van der Waals surface area (Å²) >= 11 is 3.38. The molecule has 1 atom stereocenters. The lowest BCUT2D eigenvalue weighted by Crippen LogP contribution is -2.21. The molecule has 0 aliphatic heterocycles. The second kappa shape index (κ2) is 7.36. The van der Waals surface area contributed by atoms with Gasteiger partial charge in [0, 0.05) is 28.5 Å². The van der Waals surface area contributed by atoms with Crippen molar-refractivity contribution >= 4 is 40.2 Å². The standard InChI is InChI=1S/C13H20N4S2.ClH/c1-5-11-16-8(2)12(19-11)9(3)17(4)7-10-6-15-13(14)18-10;/h6,9H,5,7H2,1-4H3,(H2,14,15);1H. The lowest BCUT2D eigenvalue weighted by atomic mass is 10.2. The summed E-state index contributed by atoms with van der Waals surface area (Å²) in [5.74, 6) is 0. The smallest absolute Gasteiger partial charge is 0.180 e. The number of anilines is 1. The van der Waals surface area contributed by atoms with Crippen LogP contribution in [0, 0.1) is 6.92 Å². The van der Waals surface area contributed by atoms with E-state index in [-0.39, 0.29) is 12.4 Å². The average molecular weight is 333 g/mol. The molecule has 1 unspecified atom stereocenters. The number of nitrogen functional groups attached to an aromatic ring is 1. The summed E-state index contributed by atoms with van der Waals surface area (Å²) in [4.78, 5) is 13.6. The molecule has 0 saturated heterocycles. The average Bonchev–Trinajstić information content (AvgIpc) is 2.94. The molecule has 2 rings (SSSR count). The van der Waals surface area contributed by atoms with Gasteiger partial charge >= 0.3 is 0 Å². The third kappa shape index (κ3) is 3.91. The fourth-order valence-electron chi connectivity index (χ4n) is 1.98. The molecule has 0 fully saturated rings. The third-order valence-electron chi connectivity index (χ3n) is 3.20. The van der Waals surface area contributed by atoms with Crippen LogP contribution in [0.3, 0.4) is 0 Å². The van der Waals surface area contributed by atoms with Gasteiger partial charge in [-0.3, -0.25) is 4.90 Å². The second-order valence-corrected chi connectivity index (χ2v) is 6.93. The van der Waals surface area contributed by atoms with E-state index in [1.54, 1.807) is 11.3 Å². The Morgan fingerprint density at radius 3 is 2.60 bits per heavy atom. The Balaban J connectivity index is 0.00000200. The number of thiazole rings is 2. The maximum atomic E-state index is 5.67. The van der Waals surface area contributed by atoms with E-state index in [0.29, 0.717) is 11.2 Å². The highest BCUT2D eigenvalue weighted by Crippen LogP contribution is 2.30. The number of halogens is 1. The number of hydrogen-bond donors (Lipinski definition) is 1. The highest BCUT2D eigenvalue weighted by Gasteiger charge is 2.18. The summed E-state index contributed by atoms with van der Waals surface area (Å²) in [5, 5.41) is 1.85. The summed E-state index contributed by atoms with van der Waals surface area (Å²) in [7, 11) is 2.13. The number of hydrogen-bond acceptors (Lipinski definition) is 6. The topological polar surface area (TPSA) is 55.0 Å². The number of nitrogens with two attached hydrogens (primary N) is 1.